The van der Waals surface area contributed by atoms with Gasteiger partial charge in [-0.3, -0.25) is 9.59 Å². The summed E-state index contributed by atoms with van der Waals surface area (Å²) < 4.78 is 15.2. The number of hydrogen-bond acceptors (Lipinski definition) is 6. The van der Waals surface area contributed by atoms with Crippen LogP contribution in [0.15, 0.2) is 18.2 Å². The molecule has 0 unspecified atom stereocenters. The van der Waals surface area contributed by atoms with E-state index < -0.39 is 35.7 Å². The summed E-state index contributed by atoms with van der Waals surface area (Å²) in [6.07, 6.45) is 2.48. The van der Waals surface area contributed by atoms with Crippen molar-refractivity contribution in [2.24, 2.45) is 11.8 Å². The number of carboxylic acid groups (broad SMARTS) is 1. The zero-order valence-corrected chi connectivity index (χ0v) is 15.7. The third-order valence-corrected chi connectivity index (χ3v) is 4.88. The van der Waals surface area contributed by atoms with Gasteiger partial charge in [0.05, 0.1) is 33.2 Å². The van der Waals surface area contributed by atoms with E-state index in [1.54, 1.807) is 18.2 Å². The number of carbonyl (C=O) groups excluding carboxylic acids is 2. The number of amides is 1. The largest absolute Gasteiger partial charge is 0.493 e. The molecular weight excluding hydrogens is 354 g/mol. The number of hydrogen-bond donors (Lipinski definition) is 2. The van der Waals surface area contributed by atoms with Crippen molar-refractivity contribution < 1.29 is 33.7 Å². The maximum absolute atomic E-state index is 12.8. The van der Waals surface area contributed by atoms with Gasteiger partial charge in [0.2, 0.25) is 5.91 Å². The van der Waals surface area contributed by atoms with Crippen LogP contribution in [-0.4, -0.2) is 44.3 Å². The summed E-state index contributed by atoms with van der Waals surface area (Å²) in [5.41, 5.74) is 0.454. The van der Waals surface area contributed by atoms with E-state index in [0.29, 0.717) is 29.9 Å². The van der Waals surface area contributed by atoms with Crippen LogP contribution in [0.1, 0.15) is 37.3 Å². The second-order valence-electron chi connectivity index (χ2n) is 6.41. The number of carboxylic acids is 1. The molecule has 1 fully saturated rings. The molecule has 0 heterocycles. The molecule has 1 aliphatic carbocycles. The highest BCUT2D eigenvalue weighted by molar-refractivity contribution is 5.89. The Kier molecular flexibility index (Phi) is 7.04. The topological polar surface area (TPSA) is 111 Å². The van der Waals surface area contributed by atoms with Crippen LogP contribution in [0.2, 0.25) is 0 Å². The SMILES string of the molecule is COC(=O)[C@@H](NC(=O)[C@@H]1CCCC[C@@H]1C(=O)O)c1ccc(OC)c(OC)c1. The summed E-state index contributed by atoms with van der Waals surface area (Å²) in [6, 6.07) is 3.75. The molecular formula is C19H25NO7. The Balaban J connectivity index is 2.28. The van der Waals surface area contributed by atoms with Gasteiger partial charge in [0.15, 0.2) is 17.5 Å². The van der Waals surface area contributed by atoms with Crippen molar-refractivity contribution in [3.63, 3.8) is 0 Å². The molecule has 3 atom stereocenters. The Morgan fingerprint density at radius 3 is 2.22 bits per heavy atom. The highest BCUT2D eigenvalue weighted by Gasteiger charge is 2.37. The Labute approximate surface area is 157 Å². The quantitative estimate of drug-likeness (QED) is 0.696. The average molecular weight is 379 g/mol. The summed E-state index contributed by atoms with van der Waals surface area (Å²) in [4.78, 5) is 36.5. The summed E-state index contributed by atoms with van der Waals surface area (Å²) in [7, 11) is 4.18. The number of aliphatic carboxylic acids is 1. The first-order chi connectivity index (χ1) is 12.9. The van der Waals surface area contributed by atoms with Crippen LogP contribution >= 0.6 is 0 Å². The molecule has 0 radical (unpaired) electrons. The van der Waals surface area contributed by atoms with E-state index in [0.717, 1.165) is 12.8 Å². The lowest BCUT2D eigenvalue weighted by Crippen LogP contribution is -2.43. The highest BCUT2D eigenvalue weighted by atomic mass is 16.5. The van der Waals surface area contributed by atoms with Crippen LogP contribution in [-0.2, 0) is 19.1 Å². The molecule has 1 aromatic rings. The number of nitrogens with one attached hydrogen (secondary N) is 1. The number of rotatable bonds is 7. The smallest absolute Gasteiger partial charge is 0.333 e. The molecule has 2 N–H and O–H groups in total. The second kappa shape index (κ2) is 9.25. The first kappa shape index (κ1) is 20.5. The molecule has 27 heavy (non-hydrogen) atoms. The van der Waals surface area contributed by atoms with Crippen LogP contribution in [0.25, 0.3) is 0 Å². The summed E-state index contributed by atoms with van der Waals surface area (Å²) >= 11 is 0. The summed E-state index contributed by atoms with van der Waals surface area (Å²) in [5, 5.41) is 12.0. The molecule has 0 saturated heterocycles. The molecule has 0 aromatic heterocycles. The van der Waals surface area contributed by atoms with E-state index in [4.69, 9.17) is 14.2 Å². The van der Waals surface area contributed by atoms with Crippen molar-refractivity contribution in [3.8, 4) is 11.5 Å². The highest BCUT2D eigenvalue weighted by Crippen LogP contribution is 2.33. The zero-order valence-electron chi connectivity index (χ0n) is 15.7. The number of benzene rings is 1. The van der Waals surface area contributed by atoms with Crippen LogP contribution in [0.3, 0.4) is 0 Å². The van der Waals surface area contributed by atoms with Crippen LogP contribution in [0.5, 0.6) is 11.5 Å². The molecule has 0 bridgehead atoms. The molecule has 8 heteroatoms. The van der Waals surface area contributed by atoms with Crippen molar-refractivity contribution in [1.82, 2.24) is 5.32 Å². The summed E-state index contributed by atoms with van der Waals surface area (Å²) in [6.45, 7) is 0. The third-order valence-electron chi connectivity index (χ3n) is 4.88. The fraction of sp³-hybridized carbons (Fsp3) is 0.526. The average Bonchev–Trinajstić information content (AvgIpc) is 2.70. The van der Waals surface area contributed by atoms with Gasteiger partial charge < -0.3 is 24.6 Å². The maximum Gasteiger partial charge on any atom is 0.333 e. The number of methoxy groups -OCH3 is 3. The van der Waals surface area contributed by atoms with Crippen LogP contribution in [0, 0.1) is 11.8 Å². The van der Waals surface area contributed by atoms with Gasteiger partial charge in [-0.1, -0.05) is 18.9 Å². The van der Waals surface area contributed by atoms with Gasteiger partial charge in [0.1, 0.15) is 0 Å². The van der Waals surface area contributed by atoms with Gasteiger partial charge in [-0.15, -0.1) is 0 Å². The standard InChI is InChI=1S/C19H25NO7/c1-25-14-9-8-11(10-15(14)26-2)16(19(24)27-3)20-17(21)12-6-4-5-7-13(12)18(22)23/h8-10,12-13,16H,4-7H2,1-3H3,(H,20,21)(H,22,23)/t12-,13+,16+/m1/s1. The van der Waals surface area contributed by atoms with E-state index in [2.05, 4.69) is 5.32 Å². The maximum atomic E-state index is 12.8. The van der Waals surface area contributed by atoms with E-state index in [1.165, 1.54) is 21.3 Å². The molecule has 1 amide bonds. The minimum atomic E-state index is -1.07. The fourth-order valence-corrected chi connectivity index (χ4v) is 3.42. The lowest BCUT2D eigenvalue weighted by atomic mass is 9.78. The van der Waals surface area contributed by atoms with Gasteiger partial charge in [-0.25, -0.2) is 4.79 Å². The molecule has 0 aliphatic heterocycles. The van der Waals surface area contributed by atoms with E-state index in [9.17, 15) is 19.5 Å². The minimum Gasteiger partial charge on any atom is -0.493 e. The lowest BCUT2D eigenvalue weighted by molar-refractivity contribution is -0.150. The molecule has 1 saturated carbocycles. The third kappa shape index (κ3) is 4.69. The first-order valence-electron chi connectivity index (χ1n) is 8.75. The predicted octanol–water partition coefficient (Wildman–Crippen LogP) is 1.93. The number of ether oxygens (including phenoxy) is 3. The minimum absolute atomic E-state index is 0.402. The van der Waals surface area contributed by atoms with Crippen LogP contribution < -0.4 is 14.8 Å². The molecule has 148 valence electrons. The van der Waals surface area contributed by atoms with Gasteiger partial charge >= 0.3 is 11.9 Å². The van der Waals surface area contributed by atoms with Gasteiger partial charge in [-0.05, 0) is 30.5 Å². The van der Waals surface area contributed by atoms with Crippen molar-refractivity contribution in [2.75, 3.05) is 21.3 Å². The molecule has 0 spiro atoms. The van der Waals surface area contributed by atoms with Crippen molar-refractivity contribution in [1.29, 1.82) is 0 Å². The molecule has 1 aromatic carbocycles. The lowest BCUT2D eigenvalue weighted by Gasteiger charge is -2.29. The van der Waals surface area contributed by atoms with E-state index in [1.807, 2.05) is 0 Å². The molecule has 1 aliphatic rings. The second-order valence-corrected chi connectivity index (χ2v) is 6.41. The number of carbonyl (C=O) groups is 3. The normalized spacial score (nSPS) is 20.3. The Bertz CT molecular complexity index is 703. The Hall–Kier alpha value is -2.77. The molecule has 8 nitrogen and oxygen atoms in total. The Morgan fingerprint density at radius 1 is 1.04 bits per heavy atom. The van der Waals surface area contributed by atoms with Crippen molar-refractivity contribution in [3.05, 3.63) is 23.8 Å². The fourth-order valence-electron chi connectivity index (χ4n) is 3.42. The predicted molar refractivity (Wildman–Crippen MR) is 95.5 cm³/mol. The van der Waals surface area contributed by atoms with E-state index in [-0.39, 0.29) is 0 Å². The molecule has 2 rings (SSSR count). The monoisotopic (exact) mass is 379 g/mol. The van der Waals surface area contributed by atoms with Crippen LogP contribution in [0.4, 0.5) is 0 Å². The van der Waals surface area contributed by atoms with Gasteiger partial charge in [-0.2, -0.15) is 0 Å². The van der Waals surface area contributed by atoms with Crippen molar-refractivity contribution >= 4 is 17.8 Å². The van der Waals surface area contributed by atoms with Gasteiger partial charge in [0.25, 0.3) is 0 Å². The zero-order chi connectivity index (χ0) is 20.0. The number of esters is 1. The first-order valence-corrected chi connectivity index (χ1v) is 8.75. The summed E-state index contributed by atoms with van der Waals surface area (Å²) in [5.74, 6) is -2.65. The van der Waals surface area contributed by atoms with E-state index >= 15 is 0 Å². The van der Waals surface area contributed by atoms with Crippen molar-refractivity contribution in [2.45, 2.75) is 31.7 Å². The van der Waals surface area contributed by atoms with Gasteiger partial charge in [0, 0.05) is 0 Å². The Morgan fingerprint density at radius 2 is 1.67 bits per heavy atom.